The minimum atomic E-state index is -4.33. The Morgan fingerprint density at radius 2 is 2.12 bits per heavy atom. The molecule has 1 aromatic heterocycles. The first kappa shape index (κ1) is 11.9. The molecular formula is C11H11F3N2O. The molecule has 0 unspecified atom stereocenters. The highest BCUT2D eigenvalue weighted by Crippen LogP contribution is 2.30. The van der Waals surface area contributed by atoms with Gasteiger partial charge in [0.15, 0.2) is 0 Å². The lowest BCUT2D eigenvalue weighted by molar-refractivity contribution is -0.137. The Labute approximate surface area is 95.6 Å². The van der Waals surface area contributed by atoms with E-state index in [1.165, 1.54) is 6.07 Å². The van der Waals surface area contributed by atoms with Crippen molar-refractivity contribution in [3.8, 4) is 0 Å². The third-order valence-electron chi connectivity index (χ3n) is 2.40. The molecule has 17 heavy (non-hydrogen) atoms. The average Bonchev–Trinajstić information content (AvgIpc) is 2.66. The van der Waals surface area contributed by atoms with Crippen molar-refractivity contribution in [2.75, 3.05) is 13.7 Å². The number of fused-ring (bicyclic) bond motifs is 1. The van der Waals surface area contributed by atoms with Gasteiger partial charge in [0.05, 0.1) is 23.2 Å². The summed E-state index contributed by atoms with van der Waals surface area (Å²) in [4.78, 5) is 7.02. The van der Waals surface area contributed by atoms with Gasteiger partial charge in [-0.15, -0.1) is 0 Å². The van der Waals surface area contributed by atoms with Crippen molar-refractivity contribution in [3.05, 3.63) is 29.6 Å². The molecule has 0 atom stereocenters. The summed E-state index contributed by atoms with van der Waals surface area (Å²) in [5.74, 6) is 0.626. The van der Waals surface area contributed by atoms with E-state index in [0.29, 0.717) is 29.9 Å². The van der Waals surface area contributed by atoms with Gasteiger partial charge in [-0.3, -0.25) is 0 Å². The number of hydrogen-bond acceptors (Lipinski definition) is 2. The van der Waals surface area contributed by atoms with Crippen molar-refractivity contribution in [3.63, 3.8) is 0 Å². The number of imidazole rings is 1. The second-order valence-electron chi connectivity index (χ2n) is 3.66. The summed E-state index contributed by atoms with van der Waals surface area (Å²) in [7, 11) is 1.56. The molecule has 0 radical (unpaired) electrons. The molecule has 2 rings (SSSR count). The molecule has 0 aliphatic heterocycles. The Balaban J connectivity index is 2.34. The fraction of sp³-hybridized carbons (Fsp3) is 0.364. The molecule has 6 heteroatoms. The van der Waals surface area contributed by atoms with Crippen molar-refractivity contribution in [2.45, 2.75) is 12.6 Å². The number of halogens is 3. The van der Waals surface area contributed by atoms with Gasteiger partial charge in [0.25, 0.3) is 0 Å². The predicted octanol–water partition coefficient (Wildman–Crippen LogP) is 2.77. The fourth-order valence-corrected chi connectivity index (χ4v) is 1.56. The number of alkyl halides is 3. The summed E-state index contributed by atoms with van der Waals surface area (Å²) in [5.41, 5.74) is 0.252. The van der Waals surface area contributed by atoms with Crippen molar-refractivity contribution in [2.24, 2.45) is 0 Å². The highest BCUT2D eigenvalue weighted by molar-refractivity contribution is 5.76. The smallest absolute Gasteiger partial charge is 0.384 e. The third-order valence-corrected chi connectivity index (χ3v) is 2.40. The van der Waals surface area contributed by atoms with E-state index in [0.717, 1.165) is 12.1 Å². The molecule has 0 aliphatic carbocycles. The largest absolute Gasteiger partial charge is 0.416 e. The topological polar surface area (TPSA) is 37.9 Å². The number of ether oxygens (including phenoxy) is 1. The quantitative estimate of drug-likeness (QED) is 0.901. The summed E-state index contributed by atoms with van der Waals surface area (Å²) in [6.45, 7) is 0.478. The fourth-order valence-electron chi connectivity index (χ4n) is 1.56. The molecule has 0 fully saturated rings. The van der Waals surface area contributed by atoms with Crippen LogP contribution in [0.1, 0.15) is 11.4 Å². The first-order chi connectivity index (χ1) is 8.00. The number of aromatic amines is 1. The normalized spacial score (nSPS) is 12.2. The number of benzene rings is 1. The van der Waals surface area contributed by atoms with Crippen LogP contribution in [-0.2, 0) is 17.3 Å². The molecule has 0 spiro atoms. The molecule has 1 N–H and O–H groups in total. The number of nitrogens with zero attached hydrogens (tertiary/aromatic N) is 1. The van der Waals surface area contributed by atoms with Gasteiger partial charge in [0.2, 0.25) is 0 Å². The Hall–Kier alpha value is -1.56. The number of aromatic nitrogens is 2. The van der Waals surface area contributed by atoms with E-state index in [4.69, 9.17) is 4.74 Å². The third kappa shape index (κ3) is 2.58. The predicted molar refractivity (Wildman–Crippen MR) is 56.7 cm³/mol. The maximum absolute atomic E-state index is 12.5. The van der Waals surface area contributed by atoms with E-state index in [2.05, 4.69) is 9.97 Å². The van der Waals surface area contributed by atoms with Crippen LogP contribution in [0.3, 0.4) is 0 Å². The van der Waals surface area contributed by atoms with Crippen LogP contribution in [-0.4, -0.2) is 23.7 Å². The van der Waals surface area contributed by atoms with Crippen LogP contribution in [0, 0.1) is 0 Å². The lowest BCUT2D eigenvalue weighted by Crippen LogP contribution is -2.04. The molecule has 0 bridgehead atoms. The van der Waals surface area contributed by atoms with Gasteiger partial charge >= 0.3 is 6.18 Å². The standard InChI is InChI=1S/C11H11F3N2O/c1-17-5-4-10-15-8-3-2-7(11(12,13)14)6-9(8)16-10/h2-3,6H,4-5H2,1H3,(H,15,16). The van der Waals surface area contributed by atoms with E-state index in [-0.39, 0.29) is 0 Å². The van der Waals surface area contributed by atoms with Crippen LogP contribution in [0.25, 0.3) is 11.0 Å². The summed E-state index contributed by atoms with van der Waals surface area (Å²) in [6.07, 6.45) is -3.78. The van der Waals surface area contributed by atoms with Gasteiger partial charge in [-0.25, -0.2) is 4.98 Å². The first-order valence-corrected chi connectivity index (χ1v) is 5.05. The van der Waals surface area contributed by atoms with Crippen LogP contribution >= 0.6 is 0 Å². The molecule has 3 nitrogen and oxygen atoms in total. The number of H-pyrrole nitrogens is 1. The summed E-state index contributed by atoms with van der Waals surface area (Å²) in [6, 6.07) is 3.47. The molecule has 0 saturated heterocycles. The second-order valence-corrected chi connectivity index (χ2v) is 3.66. The van der Waals surface area contributed by atoms with Crippen molar-refractivity contribution >= 4 is 11.0 Å². The van der Waals surface area contributed by atoms with E-state index in [1.54, 1.807) is 7.11 Å². The molecule has 92 valence electrons. The molecule has 0 aliphatic rings. The van der Waals surface area contributed by atoms with Gasteiger partial charge in [0, 0.05) is 13.5 Å². The van der Waals surface area contributed by atoms with Crippen LogP contribution in [0.4, 0.5) is 13.2 Å². The molecule has 1 heterocycles. The average molecular weight is 244 g/mol. The zero-order chi connectivity index (χ0) is 12.5. The Bertz CT molecular complexity index is 519. The van der Waals surface area contributed by atoms with Crippen LogP contribution in [0.2, 0.25) is 0 Å². The maximum atomic E-state index is 12.5. The number of rotatable bonds is 3. The molecule has 2 aromatic rings. The van der Waals surface area contributed by atoms with E-state index < -0.39 is 11.7 Å². The second kappa shape index (κ2) is 4.37. The molecule has 1 aromatic carbocycles. The lowest BCUT2D eigenvalue weighted by Gasteiger charge is -2.05. The zero-order valence-electron chi connectivity index (χ0n) is 9.14. The minimum absolute atomic E-state index is 0.394. The summed E-state index contributed by atoms with van der Waals surface area (Å²) in [5, 5.41) is 0. The molecular weight excluding hydrogens is 233 g/mol. The van der Waals surface area contributed by atoms with Crippen LogP contribution < -0.4 is 0 Å². The van der Waals surface area contributed by atoms with Gasteiger partial charge in [-0.2, -0.15) is 13.2 Å². The number of hydrogen-bond donors (Lipinski definition) is 1. The minimum Gasteiger partial charge on any atom is -0.384 e. The van der Waals surface area contributed by atoms with Crippen molar-refractivity contribution < 1.29 is 17.9 Å². The summed E-state index contributed by atoms with van der Waals surface area (Å²) < 4.78 is 42.3. The number of methoxy groups -OCH3 is 1. The highest BCUT2D eigenvalue weighted by atomic mass is 19.4. The molecule has 0 saturated carbocycles. The SMILES string of the molecule is COCCc1nc2ccc(C(F)(F)F)cc2[nH]1. The van der Waals surface area contributed by atoms with Gasteiger partial charge in [-0.1, -0.05) is 0 Å². The number of nitrogens with one attached hydrogen (secondary N) is 1. The monoisotopic (exact) mass is 244 g/mol. The van der Waals surface area contributed by atoms with E-state index >= 15 is 0 Å². The van der Waals surface area contributed by atoms with Gasteiger partial charge < -0.3 is 9.72 Å². The van der Waals surface area contributed by atoms with Crippen LogP contribution in [0.15, 0.2) is 18.2 Å². The first-order valence-electron chi connectivity index (χ1n) is 5.05. The lowest BCUT2D eigenvalue weighted by atomic mass is 10.2. The van der Waals surface area contributed by atoms with E-state index in [1.807, 2.05) is 0 Å². The Morgan fingerprint density at radius 3 is 2.76 bits per heavy atom. The van der Waals surface area contributed by atoms with Crippen LogP contribution in [0.5, 0.6) is 0 Å². The van der Waals surface area contributed by atoms with Crippen molar-refractivity contribution in [1.82, 2.24) is 9.97 Å². The van der Waals surface area contributed by atoms with Crippen molar-refractivity contribution in [1.29, 1.82) is 0 Å². The maximum Gasteiger partial charge on any atom is 0.416 e. The van der Waals surface area contributed by atoms with Gasteiger partial charge in [-0.05, 0) is 18.2 Å². The highest BCUT2D eigenvalue weighted by Gasteiger charge is 2.30. The Kier molecular flexibility index (Phi) is 3.06. The van der Waals surface area contributed by atoms with Gasteiger partial charge in [0.1, 0.15) is 5.82 Å². The Morgan fingerprint density at radius 1 is 1.35 bits per heavy atom. The summed E-state index contributed by atoms with van der Waals surface area (Å²) >= 11 is 0. The van der Waals surface area contributed by atoms with E-state index in [9.17, 15) is 13.2 Å². The zero-order valence-corrected chi connectivity index (χ0v) is 9.14. The molecule has 0 amide bonds.